The molecule has 4 N–H and O–H groups in total. The van der Waals surface area contributed by atoms with Crippen molar-refractivity contribution in [3.05, 3.63) is 28.2 Å². The van der Waals surface area contributed by atoms with Crippen molar-refractivity contribution in [1.82, 2.24) is 5.32 Å². The van der Waals surface area contributed by atoms with Gasteiger partial charge in [-0.15, -0.1) is 0 Å². The Bertz CT molecular complexity index is 355. The third-order valence-electron chi connectivity index (χ3n) is 1.80. The first-order valence-electron chi connectivity index (χ1n) is 4.64. The van der Waals surface area contributed by atoms with Crippen molar-refractivity contribution >= 4 is 27.6 Å². The van der Waals surface area contributed by atoms with E-state index >= 15 is 0 Å². The van der Waals surface area contributed by atoms with Crippen molar-refractivity contribution in [1.29, 1.82) is 0 Å². The maximum Gasteiger partial charge on any atom is 0.319 e. The zero-order chi connectivity index (χ0) is 11.3. The maximum atomic E-state index is 11.3. The van der Waals surface area contributed by atoms with Crippen LogP contribution >= 0.6 is 15.9 Å². The quantitative estimate of drug-likeness (QED) is 0.786. The Morgan fingerprint density at radius 3 is 2.87 bits per heavy atom. The smallest absolute Gasteiger partial charge is 0.319 e. The fourth-order valence-corrected chi connectivity index (χ4v) is 1.67. The Balaban J connectivity index is 2.60. The minimum atomic E-state index is -0.245. The second kappa shape index (κ2) is 5.72. The van der Waals surface area contributed by atoms with Gasteiger partial charge in [0, 0.05) is 17.6 Å². The van der Waals surface area contributed by atoms with Gasteiger partial charge in [0.1, 0.15) is 0 Å². The first-order valence-corrected chi connectivity index (χ1v) is 5.44. The molecule has 0 unspecified atom stereocenters. The topological polar surface area (TPSA) is 67.2 Å². The number of carbonyl (C=O) groups is 1. The molecule has 0 bridgehead atoms. The van der Waals surface area contributed by atoms with Gasteiger partial charge in [0.15, 0.2) is 0 Å². The van der Waals surface area contributed by atoms with Gasteiger partial charge < -0.3 is 16.4 Å². The van der Waals surface area contributed by atoms with E-state index in [0.29, 0.717) is 13.1 Å². The van der Waals surface area contributed by atoms with Crippen molar-refractivity contribution in [2.45, 2.75) is 6.92 Å². The number of hydrogen-bond donors (Lipinski definition) is 3. The van der Waals surface area contributed by atoms with Gasteiger partial charge >= 0.3 is 6.03 Å². The van der Waals surface area contributed by atoms with Crippen LogP contribution in [-0.2, 0) is 0 Å². The molecular formula is C10H14BrN3O. The lowest BCUT2D eigenvalue weighted by Crippen LogP contribution is -2.32. The molecular weight excluding hydrogens is 258 g/mol. The highest BCUT2D eigenvalue weighted by Crippen LogP contribution is 2.22. The number of amides is 2. The molecule has 1 aromatic carbocycles. The van der Waals surface area contributed by atoms with E-state index in [-0.39, 0.29) is 6.03 Å². The molecule has 1 aromatic rings. The number of benzene rings is 1. The van der Waals surface area contributed by atoms with E-state index in [1.807, 2.05) is 25.1 Å². The minimum absolute atomic E-state index is 0.245. The van der Waals surface area contributed by atoms with Crippen LogP contribution in [0.15, 0.2) is 22.7 Å². The van der Waals surface area contributed by atoms with Crippen LogP contribution in [-0.4, -0.2) is 19.1 Å². The molecule has 0 aromatic heterocycles. The summed E-state index contributed by atoms with van der Waals surface area (Å²) in [5, 5.41) is 5.35. The molecule has 5 heteroatoms. The lowest BCUT2D eigenvalue weighted by molar-refractivity contribution is 0.252. The van der Waals surface area contributed by atoms with Gasteiger partial charge in [-0.2, -0.15) is 0 Å². The van der Waals surface area contributed by atoms with E-state index < -0.39 is 0 Å². The Morgan fingerprint density at radius 2 is 2.27 bits per heavy atom. The van der Waals surface area contributed by atoms with Crippen LogP contribution in [0.2, 0.25) is 0 Å². The molecule has 0 fully saturated rings. The van der Waals surface area contributed by atoms with Crippen molar-refractivity contribution in [3.8, 4) is 0 Å². The van der Waals surface area contributed by atoms with Crippen molar-refractivity contribution < 1.29 is 4.79 Å². The summed E-state index contributed by atoms with van der Waals surface area (Å²) in [5.74, 6) is 0. The highest BCUT2D eigenvalue weighted by atomic mass is 79.9. The van der Waals surface area contributed by atoms with Crippen LogP contribution in [0.5, 0.6) is 0 Å². The summed E-state index contributed by atoms with van der Waals surface area (Å²) in [6, 6.07) is 5.48. The lowest BCUT2D eigenvalue weighted by atomic mass is 10.2. The standard InChI is InChI=1S/C10H14BrN3O/c1-7-2-3-9(8(11)6-7)14-10(15)13-5-4-12/h2-3,6H,4-5,12H2,1H3,(H2,13,14,15). The van der Waals surface area contributed by atoms with Crippen LogP contribution in [0.1, 0.15) is 5.56 Å². The summed E-state index contributed by atoms with van der Waals surface area (Å²) < 4.78 is 0.866. The van der Waals surface area contributed by atoms with Gasteiger partial charge in [-0.05, 0) is 40.5 Å². The average molecular weight is 272 g/mol. The Hall–Kier alpha value is -1.07. The lowest BCUT2D eigenvalue weighted by Gasteiger charge is -2.08. The molecule has 82 valence electrons. The summed E-state index contributed by atoms with van der Waals surface area (Å²) in [5.41, 5.74) is 7.15. The van der Waals surface area contributed by atoms with Gasteiger partial charge in [-0.25, -0.2) is 4.79 Å². The first kappa shape index (κ1) is 12.0. The number of nitrogens with two attached hydrogens (primary N) is 1. The summed E-state index contributed by atoms with van der Waals surface area (Å²) in [6.07, 6.45) is 0. The molecule has 0 saturated heterocycles. The normalized spacial score (nSPS) is 9.80. The number of halogens is 1. The SMILES string of the molecule is Cc1ccc(NC(=O)NCCN)c(Br)c1. The van der Waals surface area contributed by atoms with Crippen molar-refractivity contribution in [3.63, 3.8) is 0 Å². The largest absolute Gasteiger partial charge is 0.337 e. The minimum Gasteiger partial charge on any atom is -0.337 e. The van der Waals surface area contributed by atoms with Gasteiger partial charge in [0.05, 0.1) is 5.69 Å². The predicted octanol–water partition coefficient (Wildman–Crippen LogP) is 1.84. The summed E-state index contributed by atoms with van der Waals surface area (Å²) in [6.45, 7) is 2.89. The van der Waals surface area contributed by atoms with E-state index in [0.717, 1.165) is 15.7 Å². The summed E-state index contributed by atoms with van der Waals surface area (Å²) in [7, 11) is 0. The number of urea groups is 1. The third-order valence-corrected chi connectivity index (χ3v) is 2.46. The Kier molecular flexibility index (Phi) is 4.58. The van der Waals surface area contributed by atoms with Crippen LogP contribution in [0.25, 0.3) is 0 Å². The van der Waals surface area contributed by atoms with E-state index in [4.69, 9.17) is 5.73 Å². The number of anilines is 1. The molecule has 0 aliphatic heterocycles. The number of rotatable bonds is 3. The van der Waals surface area contributed by atoms with E-state index in [9.17, 15) is 4.79 Å². The Labute approximate surface area is 97.4 Å². The first-order chi connectivity index (χ1) is 7.13. The fraction of sp³-hybridized carbons (Fsp3) is 0.300. The molecule has 1 rings (SSSR count). The summed E-state index contributed by atoms with van der Waals surface area (Å²) in [4.78, 5) is 11.3. The number of hydrogen-bond acceptors (Lipinski definition) is 2. The maximum absolute atomic E-state index is 11.3. The van der Waals surface area contributed by atoms with E-state index in [1.54, 1.807) is 0 Å². The van der Waals surface area contributed by atoms with E-state index in [2.05, 4.69) is 26.6 Å². The molecule has 0 spiro atoms. The van der Waals surface area contributed by atoms with E-state index in [1.165, 1.54) is 0 Å². The third kappa shape index (κ3) is 3.89. The predicted molar refractivity (Wildman–Crippen MR) is 65.0 cm³/mol. The highest BCUT2D eigenvalue weighted by molar-refractivity contribution is 9.10. The van der Waals surface area contributed by atoms with Gasteiger partial charge in [0.25, 0.3) is 0 Å². The summed E-state index contributed by atoms with van der Waals surface area (Å²) >= 11 is 3.38. The molecule has 0 aliphatic rings. The second-order valence-corrected chi connectivity index (χ2v) is 4.01. The van der Waals surface area contributed by atoms with Crippen LogP contribution < -0.4 is 16.4 Å². The van der Waals surface area contributed by atoms with Gasteiger partial charge in [0.2, 0.25) is 0 Å². The molecule has 0 atom stereocenters. The van der Waals surface area contributed by atoms with Gasteiger partial charge in [-0.1, -0.05) is 6.07 Å². The molecule has 0 saturated carbocycles. The van der Waals surface area contributed by atoms with Gasteiger partial charge in [-0.3, -0.25) is 0 Å². The number of carbonyl (C=O) groups excluding carboxylic acids is 1. The molecule has 0 heterocycles. The molecule has 0 radical (unpaired) electrons. The van der Waals surface area contributed by atoms with Crippen LogP contribution in [0.3, 0.4) is 0 Å². The zero-order valence-electron chi connectivity index (χ0n) is 8.51. The van der Waals surface area contributed by atoms with Crippen molar-refractivity contribution in [2.24, 2.45) is 5.73 Å². The number of aryl methyl sites for hydroxylation is 1. The zero-order valence-corrected chi connectivity index (χ0v) is 10.1. The molecule has 0 aliphatic carbocycles. The van der Waals surface area contributed by atoms with Crippen LogP contribution in [0, 0.1) is 6.92 Å². The number of nitrogens with one attached hydrogen (secondary N) is 2. The molecule has 15 heavy (non-hydrogen) atoms. The monoisotopic (exact) mass is 271 g/mol. The molecule has 4 nitrogen and oxygen atoms in total. The Morgan fingerprint density at radius 1 is 1.53 bits per heavy atom. The van der Waals surface area contributed by atoms with Crippen LogP contribution in [0.4, 0.5) is 10.5 Å². The molecule has 2 amide bonds. The second-order valence-electron chi connectivity index (χ2n) is 3.15. The highest BCUT2D eigenvalue weighted by Gasteiger charge is 2.03. The van der Waals surface area contributed by atoms with Crippen molar-refractivity contribution in [2.75, 3.05) is 18.4 Å². The fourth-order valence-electron chi connectivity index (χ4n) is 1.07. The average Bonchev–Trinajstić information content (AvgIpc) is 2.19.